The third-order valence-corrected chi connectivity index (χ3v) is 4.74. The number of amides is 1. The molecule has 3 rings (SSSR count). The zero-order chi connectivity index (χ0) is 18.0. The molecule has 0 bridgehead atoms. The molecule has 0 saturated carbocycles. The lowest BCUT2D eigenvalue weighted by Gasteiger charge is -2.09. The van der Waals surface area contributed by atoms with Crippen molar-refractivity contribution in [2.75, 3.05) is 11.1 Å². The lowest BCUT2D eigenvalue weighted by atomic mass is 10.1. The highest BCUT2D eigenvalue weighted by molar-refractivity contribution is 7.99. The van der Waals surface area contributed by atoms with Gasteiger partial charge in [-0.25, -0.2) is 0 Å². The Bertz CT molecular complexity index is 992. The average molecular weight is 357 g/mol. The molecule has 7 nitrogen and oxygen atoms in total. The van der Waals surface area contributed by atoms with Crippen molar-refractivity contribution in [3.63, 3.8) is 0 Å². The molecule has 1 aromatic carbocycles. The van der Waals surface area contributed by atoms with Crippen LogP contribution in [0, 0.1) is 13.8 Å². The molecule has 8 heteroatoms. The van der Waals surface area contributed by atoms with Crippen LogP contribution in [-0.2, 0) is 11.2 Å². The first kappa shape index (κ1) is 17.2. The molecule has 2 aromatic heterocycles. The lowest BCUT2D eigenvalue weighted by molar-refractivity contribution is -0.113. The fourth-order valence-corrected chi connectivity index (χ4v) is 3.28. The maximum Gasteiger partial charge on any atom is 0.252 e. The van der Waals surface area contributed by atoms with Gasteiger partial charge in [-0.1, -0.05) is 30.8 Å². The first-order valence-electron chi connectivity index (χ1n) is 7.95. The largest absolute Gasteiger partial charge is 0.325 e. The third kappa shape index (κ3) is 3.74. The van der Waals surface area contributed by atoms with Gasteiger partial charge in [0.1, 0.15) is 0 Å². The predicted octanol–water partition coefficient (Wildman–Crippen LogP) is 2.33. The molecule has 0 fully saturated rings. The summed E-state index contributed by atoms with van der Waals surface area (Å²) in [7, 11) is 0. The van der Waals surface area contributed by atoms with E-state index in [-0.39, 0.29) is 17.2 Å². The van der Waals surface area contributed by atoms with Gasteiger partial charge in [0.15, 0.2) is 5.16 Å². The number of aryl methyl sites for hydroxylation is 3. The van der Waals surface area contributed by atoms with E-state index in [1.54, 1.807) is 4.40 Å². The first-order valence-corrected chi connectivity index (χ1v) is 8.93. The summed E-state index contributed by atoms with van der Waals surface area (Å²) in [6.07, 6.45) is 0.667. The molecule has 0 aliphatic heterocycles. The van der Waals surface area contributed by atoms with Gasteiger partial charge in [0, 0.05) is 17.4 Å². The van der Waals surface area contributed by atoms with Crippen molar-refractivity contribution in [3.8, 4) is 0 Å². The zero-order valence-corrected chi connectivity index (χ0v) is 15.1. The molecule has 0 spiro atoms. The van der Waals surface area contributed by atoms with Crippen LogP contribution in [0.2, 0.25) is 0 Å². The van der Waals surface area contributed by atoms with Crippen LogP contribution in [0.3, 0.4) is 0 Å². The third-order valence-electron chi connectivity index (χ3n) is 3.82. The van der Waals surface area contributed by atoms with Gasteiger partial charge in [-0.3, -0.25) is 19.0 Å². The summed E-state index contributed by atoms with van der Waals surface area (Å²) in [5.41, 5.74) is 3.52. The monoisotopic (exact) mass is 357 g/mol. The van der Waals surface area contributed by atoms with Crippen LogP contribution in [-0.4, -0.2) is 31.2 Å². The van der Waals surface area contributed by atoms with Gasteiger partial charge in [0.2, 0.25) is 11.7 Å². The summed E-state index contributed by atoms with van der Waals surface area (Å²) in [5, 5.41) is 11.6. The van der Waals surface area contributed by atoms with Gasteiger partial charge in [-0.2, -0.15) is 0 Å². The molecule has 2 heterocycles. The Morgan fingerprint density at radius 2 is 2.08 bits per heavy atom. The summed E-state index contributed by atoms with van der Waals surface area (Å²) in [6.45, 7) is 5.90. The Morgan fingerprint density at radius 3 is 2.84 bits per heavy atom. The maximum atomic E-state index is 12.3. The number of nitrogens with zero attached hydrogens (tertiary/aromatic N) is 3. The van der Waals surface area contributed by atoms with Crippen molar-refractivity contribution in [1.29, 1.82) is 0 Å². The molecular weight excluding hydrogens is 338 g/mol. The molecule has 1 amide bonds. The Balaban J connectivity index is 1.75. The van der Waals surface area contributed by atoms with Gasteiger partial charge in [0.25, 0.3) is 5.56 Å². The number of carbonyl (C=O) groups is 1. The molecule has 3 aromatic rings. The van der Waals surface area contributed by atoms with Crippen molar-refractivity contribution in [1.82, 2.24) is 19.6 Å². The predicted molar refractivity (Wildman–Crippen MR) is 98.3 cm³/mol. The van der Waals surface area contributed by atoms with E-state index in [1.807, 2.05) is 39.0 Å². The number of hydrogen-bond acceptors (Lipinski definition) is 5. The molecule has 2 N–H and O–H groups in total. The lowest BCUT2D eigenvalue weighted by Crippen LogP contribution is -2.16. The number of anilines is 1. The molecule has 0 aliphatic rings. The van der Waals surface area contributed by atoms with Crippen molar-refractivity contribution in [2.24, 2.45) is 0 Å². The smallest absolute Gasteiger partial charge is 0.252 e. The van der Waals surface area contributed by atoms with Gasteiger partial charge >= 0.3 is 0 Å². The second-order valence-corrected chi connectivity index (χ2v) is 6.72. The van der Waals surface area contributed by atoms with E-state index < -0.39 is 0 Å². The topological polar surface area (TPSA) is 92.2 Å². The van der Waals surface area contributed by atoms with Crippen LogP contribution in [0.15, 0.2) is 34.2 Å². The summed E-state index contributed by atoms with van der Waals surface area (Å²) in [5.74, 6) is 0.482. The SMILES string of the molecule is CCc1cc(=O)[nH]c2nnc(SCC(=O)Nc3cc(C)ccc3C)n12. The number of thioether (sulfide) groups is 1. The Labute approximate surface area is 148 Å². The number of aromatic amines is 1. The average Bonchev–Trinajstić information content (AvgIpc) is 2.98. The molecule has 0 atom stereocenters. The summed E-state index contributed by atoms with van der Waals surface area (Å²) in [4.78, 5) is 26.5. The van der Waals surface area contributed by atoms with Gasteiger partial charge in [-0.15, -0.1) is 10.2 Å². The standard InChI is InChI=1S/C17H19N5O2S/c1-4-12-8-14(23)19-16-20-21-17(22(12)16)25-9-15(24)18-13-7-10(2)5-6-11(13)3/h5-8H,4,9H2,1-3H3,(H,18,24)(H,19,20,23). The van der Waals surface area contributed by atoms with Crippen LogP contribution < -0.4 is 10.9 Å². The van der Waals surface area contributed by atoms with Crippen molar-refractivity contribution in [3.05, 3.63) is 51.4 Å². The van der Waals surface area contributed by atoms with Crippen LogP contribution in [0.1, 0.15) is 23.7 Å². The molecule has 0 saturated heterocycles. The Hall–Kier alpha value is -2.61. The zero-order valence-electron chi connectivity index (χ0n) is 14.3. The van der Waals surface area contributed by atoms with E-state index in [1.165, 1.54) is 17.8 Å². The first-order chi connectivity index (χ1) is 12.0. The van der Waals surface area contributed by atoms with Crippen LogP contribution in [0.25, 0.3) is 5.78 Å². The van der Waals surface area contributed by atoms with E-state index in [9.17, 15) is 9.59 Å². The maximum absolute atomic E-state index is 12.3. The number of H-pyrrole nitrogens is 1. The minimum atomic E-state index is -0.207. The number of aromatic nitrogens is 4. The Kier molecular flexibility index (Phi) is 4.89. The normalized spacial score (nSPS) is 11.0. The van der Waals surface area contributed by atoms with Gasteiger partial charge < -0.3 is 5.32 Å². The highest BCUT2D eigenvalue weighted by Gasteiger charge is 2.13. The van der Waals surface area contributed by atoms with E-state index in [4.69, 9.17) is 0 Å². The van der Waals surface area contributed by atoms with Crippen molar-refractivity contribution < 1.29 is 4.79 Å². The highest BCUT2D eigenvalue weighted by atomic mass is 32.2. The number of rotatable bonds is 5. The van der Waals surface area contributed by atoms with Crippen LogP contribution in [0.5, 0.6) is 0 Å². The van der Waals surface area contributed by atoms with Crippen molar-refractivity contribution >= 4 is 29.1 Å². The molecular formula is C17H19N5O2S. The molecule has 0 aliphatic carbocycles. The van der Waals surface area contributed by atoms with Gasteiger partial charge in [0.05, 0.1) is 5.75 Å². The quantitative estimate of drug-likeness (QED) is 0.684. The van der Waals surface area contributed by atoms with Crippen LogP contribution >= 0.6 is 11.8 Å². The fraction of sp³-hybridized carbons (Fsp3) is 0.294. The molecule has 25 heavy (non-hydrogen) atoms. The van der Waals surface area contributed by atoms with E-state index in [2.05, 4.69) is 20.5 Å². The Morgan fingerprint density at radius 1 is 1.28 bits per heavy atom. The summed E-state index contributed by atoms with van der Waals surface area (Å²) in [6, 6.07) is 7.46. The number of hydrogen-bond donors (Lipinski definition) is 2. The number of nitrogens with one attached hydrogen (secondary N) is 2. The van der Waals surface area contributed by atoms with E-state index in [0.29, 0.717) is 17.4 Å². The molecule has 0 unspecified atom stereocenters. The second kappa shape index (κ2) is 7.10. The van der Waals surface area contributed by atoms with E-state index in [0.717, 1.165) is 22.5 Å². The van der Waals surface area contributed by atoms with Gasteiger partial charge in [-0.05, 0) is 37.5 Å². The number of fused-ring (bicyclic) bond motifs is 1. The molecule has 130 valence electrons. The number of benzene rings is 1. The minimum absolute atomic E-state index is 0.113. The van der Waals surface area contributed by atoms with E-state index >= 15 is 0 Å². The highest BCUT2D eigenvalue weighted by Crippen LogP contribution is 2.20. The second-order valence-electron chi connectivity index (χ2n) is 5.78. The van der Waals surface area contributed by atoms with Crippen LogP contribution in [0.4, 0.5) is 5.69 Å². The van der Waals surface area contributed by atoms with Crippen molar-refractivity contribution in [2.45, 2.75) is 32.3 Å². The minimum Gasteiger partial charge on any atom is -0.325 e. The number of carbonyl (C=O) groups excluding carboxylic acids is 1. The molecule has 0 radical (unpaired) electrons. The summed E-state index contributed by atoms with van der Waals surface area (Å²) >= 11 is 1.28. The summed E-state index contributed by atoms with van der Waals surface area (Å²) < 4.78 is 1.78. The fourth-order valence-electron chi connectivity index (χ4n) is 2.51.